The van der Waals surface area contributed by atoms with Gasteiger partial charge in [-0.15, -0.1) is 10.2 Å². The second-order valence-electron chi connectivity index (χ2n) is 4.44. The van der Waals surface area contributed by atoms with Gasteiger partial charge in [-0.25, -0.2) is 0 Å². The van der Waals surface area contributed by atoms with Crippen molar-refractivity contribution in [1.29, 1.82) is 0 Å². The summed E-state index contributed by atoms with van der Waals surface area (Å²) < 4.78 is 18.4. The number of nitrogens with zero attached hydrogens (tertiary/aromatic N) is 3. The first-order chi connectivity index (χ1) is 9.83. The Labute approximate surface area is 117 Å². The fraction of sp³-hybridized carbons (Fsp3) is 0.429. The maximum atomic E-state index is 5.53. The highest BCUT2D eigenvalue weighted by atomic mass is 16.5. The highest BCUT2D eigenvalue weighted by molar-refractivity contribution is 5.61. The number of rotatable bonds is 4. The Morgan fingerprint density at radius 2 is 2.20 bits per heavy atom. The van der Waals surface area contributed by atoms with Crippen LogP contribution in [0.25, 0.3) is 11.4 Å². The molecule has 0 amide bonds. The zero-order valence-electron chi connectivity index (χ0n) is 11.6. The number of hydrogen-bond donors (Lipinski definition) is 0. The van der Waals surface area contributed by atoms with E-state index >= 15 is 0 Å². The smallest absolute Gasteiger partial charge is 0.164 e. The molecule has 0 radical (unpaired) electrons. The fourth-order valence-corrected chi connectivity index (χ4v) is 2.29. The van der Waals surface area contributed by atoms with Crippen molar-refractivity contribution in [3.05, 3.63) is 24.0 Å². The molecule has 2 heterocycles. The highest BCUT2D eigenvalue weighted by Gasteiger charge is 2.18. The van der Waals surface area contributed by atoms with Gasteiger partial charge in [0, 0.05) is 12.1 Å². The summed E-state index contributed by atoms with van der Waals surface area (Å²) in [4.78, 5) is 0. The lowest BCUT2D eigenvalue weighted by atomic mass is 10.2. The number of fused-ring (bicyclic) bond motifs is 1. The number of methoxy groups -OCH3 is 1. The number of hydrogen-bond acceptors (Lipinski definition) is 5. The summed E-state index contributed by atoms with van der Waals surface area (Å²) in [6, 6.07) is 5.80. The fourth-order valence-electron chi connectivity index (χ4n) is 2.29. The second kappa shape index (κ2) is 5.50. The average Bonchev–Trinajstić information content (AvgIpc) is 2.92. The van der Waals surface area contributed by atoms with Crippen LogP contribution in [0.1, 0.15) is 12.7 Å². The van der Waals surface area contributed by atoms with E-state index in [1.54, 1.807) is 7.11 Å². The van der Waals surface area contributed by atoms with E-state index in [2.05, 4.69) is 14.8 Å². The number of ether oxygens (including phenoxy) is 3. The molecule has 3 rings (SSSR count). The van der Waals surface area contributed by atoms with Crippen molar-refractivity contribution in [3.8, 4) is 22.9 Å². The minimum absolute atomic E-state index is 0.515. The van der Waals surface area contributed by atoms with Crippen molar-refractivity contribution < 1.29 is 14.2 Å². The first-order valence-electron chi connectivity index (χ1n) is 6.64. The van der Waals surface area contributed by atoms with Crippen molar-refractivity contribution in [3.63, 3.8) is 0 Å². The Kier molecular flexibility index (Phi) is 3.56. The molecule has 0 fully saturated rings. The van der Waals surface area contributed by atoms with Crippen LogP contribution in [0.3, 0.4) is 0 Å². The van der Waals surface area contributed by atoms with Crippen molar-refractivity contribution in [1.82, 2.24) is 14.8 Å². The van der Waals surface area contributed by atoms with Crippen molar-refractivity contribution in [2.45, 2.75) is 20.1 Å². The van der Waals surface area contributed by atoms with Gasteiger partial charge in [-0.05, 0) is 25.1 Å². The molecule has 0 atom stereocenters. The van der Waals surface area contributed by atoms with Gasteiger partial charge in [0.15, 0.2) is 23.1 Å². The van der Waals surface area contributed by atoms with E-state index in [-0.39, 0.29) is 0 Å². The summed E-state index contributed by atoms with van der Waals surface area (Å²) in [6.45, 7) is 4.52. The van der Waals surface area contributed by atoms with Gasteiger partial charge >= 0.3 is 0 Å². The van der Waals surface area contributed by atoms with Crippen LogP contribution in [0.2, 0.25) is 0 Å². The zero-order valence-corrected chi connectivity index (χ0v) is 11.6. The van der Waals surface area contributed by atoms with E-state index in [9.17, 15) is 0 Å². The van der Waals surface area contributed by atoms with Gasteiger partial charge in [-0.1, -0.05) is 0 Å². The molecule has 0 bridgehead atoms. The number of aromatic nitrogens is 3. The molecule has 0 aliphatic carbocycles. The highest BCUT2D eigenvalue weighted by Crippen LogP contribution is 2.32. The molecule has 1 aromatic carbocycles. The maximum absolute atomic E-state index is 5.53. The lowest BCUT2D eigenvalue weighted by Gasteiger charge is -2.16. The summed E-state index contributed by atoms with van der Waals surface area (Å²) in [7, 11) is 1.63. The molecule has 1 aromatic heterocycles. The molecule has 2 aromatic rings. The van der Waals surface area contributed by atoms with E-state index in [1.165, 1.54) is 0 Å². The molecule has 0 saturated carbocycles. The van der Waals surface area contributed by atoms with Gasteiger partial charge in [0.2, 0.25) is 0 Å². The molecule has 0 unspecified atom stereocenters. The molecular formula is C14H17N3O3. The standard InChI is InChI=1S/C14H17N3O3/c1-3-20-11-5-4-10(8-12(11)18-2)14-16-15-13-9-19-7-6-17(13)14/h4-5,8H,3,6-7,9H2,1-2H3. The van der Waals surface area contributed by atoms with Crippen molar-refractivity contribution in [2.75, 3.05) is 20.3 Å². The predicted octanol–water partition coefficient (Wildman–Crippen LogP) is 1.88. The maximum Gasteiger partial charge on any atom is 0.164 e. The molecule has 0 spiro atoms. The summed E-state index contributed by atoms with van der Waals surface area (Å²) in [6.07, 6.45) is 0. The molecule has 1 aliphatic heterocycles. The third kappa shape index (κ3) is 2.22. The minimum Gasteiger partial charge on any atom is -0.493 e. The molecule has 20 heavy (non-hydrogen) atoms. The molecule has 1 aliphatic rings. The summed E-state index contributed by atoms with van der Waals surface area (Å²) in [5, 5.41) is 8.42. The summed E-state index contributed by atoms with van der Waals surface area (Å²) in [5.74, 6) is 3.14. The molecular weight excluding hydrogens is 258 g/mol. The van der Waals surface area contributed by atoms with Crippen LogP contribution in [-0.2, 0) is 17.9 Å². The lowest BCUT2D eigenvalue weighted by Crippen LogP contribution is -2.17. The van der Waals surface area contributed by atoms with E-state index in [1.807, 2.05) is 25.1 Å². The Morgan fingerprint density at radius 3 is 3.00 bits per heavy atom. The Balaban J connectivity index is 2.00. The van der Waals surface area contributed by atoms with E-state index < -0.39 is 0 Å². The molecule has 0 N–H and O–H groups in total. The van der Waals surface area contributed by atoms with Gasteiger partial charge < -0.3 is 18.8 Å². The SMILES string of the molecule is CCOc1ccc(-c2nnc3n2CCOC3)cc1OC. The molecule has 6 heteroatoms. The summed E-state index contributed by atoms with van der Waals surface area (Å²) >= 11 is 0. The quantitative estimate of drug-likeness (QED) is 0.852. The lowest BCUT2D eigenvalue weighted by molar-refractivity contribution is 0.0821. The summed E-state index contributed by atoms with van der Waals surface area (Å²) in [5.41, 5.74) is 0.964. The predicted molar refractivity (Wildman–Crippen MR) is 72.8 cm³/mol. The van der Waals surface area contributed by atoms with Gasteiger partial charge in [0.05, 0.1) is 20.3 Å². The third-order valence-corrected chi connectivity index (χ3v) is 3.24. The van der Waals surface area contributed by atoms with Crippen molar-refractivity contribution in [2.24, 2.45) is 0 Å². The van der Waals surface area contributed by atoms with Crippen LogP contribution in [0.4, 0.5) is 0 Å². The van der Waals surface area contributed by atoms with Crippen LogP contribution in [-0.4, -0.2) is 35.1 Å². The second-order valence-corrected chi connectivity index (χ2v) is 4.44. The topological polar surface area (TPSA) is 58.4 Å². The van der Waals surface area contributed by atoms with Crippen LogP contribution in [0, 0.1) is 0 Å². The van der Waals surface area contributed by atoms with E-state index in [4.69, 9.17) is 14.2 Å². The van der Waals surface area contributed by atoms with Crippen LogP contribution in [0.15, 0.2) is 18.2 Å². The van der Waals surface area contributed by atoms with Crippen LogP contribution < -0.4 is 9.47 Å². The van der Waals surface area contributed by atoms with Crippen molar-refractivity contribution >= 4 is 0 Å². The third-order valence-electron chi connectivity index (χ3n) is 3.24. The Bertz CT molecular complexity index is 610. The molecule has 0 saturated heterocycles. The van der Waals surface area contributed by atoms with Gasteiger partial charge in [-0.2, -0.15) is 0 Å². The molecule has 6 nitrogen and oxygen atoms in total. The minimum atomic E-state index is 0.515. The molecule has 106 valence electrons. The average molecular weight is 275 g/mol. The van der Waals surface area contributed by atoms with Gasteiger partial charge in [0.1, 0.15) is 6.61 Å². The zero-order chi connectivity index (χ0) is 13.9. The Hall–Kier alpha value is -2.08. The first-order valence-corrected chi connectivity index (χ1v) is 6.64. The monoisotopic (exact) mass is 275 g/mol. The Morgan fingerprint density at radius 1 is 1.30 bits per heavy atom. The first kappa shape index (κ1) is 12.9. The largest absolute Gasteiger partial charge is 0.493 e. The van der Waals surface area contributed by atoms with Gasteiger partial charge in [0.25, 0.3) is 0 Å². The van der Waals surface area contributed by atoms with Crippen LogP contribution >= 0.6 is 0 Å². The number of benzene rings is 1. The van der Waals surface area contributed by atoms with Gasteiger partial charge in [-0.3, -0.25) is 0 Å². The van der Waals surface area contributed by atoms with Crippen LogP contribution in [0.5, 0.6) is 11.5 Å². The van der Waals surface area contributed by atoms with E-state index in [0.29, 0.717) is 25.6 Å². The normalized spacial score (nSPS) is 13.9. The van der Waals surface area contributed by atoms with E-state index in [0.717, 1.165) is 29.5 Å².